The second-order valence-electron chi connectivity index (χ2n) is 8.52. The normalized spacial score (nSPS) is 10.8. The number of nitrogens with zero attached hydrogens (tertiary/aromatic N) is 4. The number of hydrogen-bond donors (Lipinski definition) is 0. The molecule has 0 radical (unpaired) electrons. The summed E-state index contributed by atoms with van der Waals surface area (Å²) in [5.41, 5.74) is 10.5. The van der Waals surface area contributed by atoms with E-state index in [2.05, 4.69) is 80.6 Å². The van der Waals surface area contributed by atoms with Crippen LogP contribution in [-0.4, -0.2) is 19.9 Å². The van der Waals surface area contributed by atoms with Crippen molar-refractivity contribution in [3.05, 3.63) is 155 Å². The van der Waals surface area contributed by atoms with Crippen molar-refractivity contribution in [1.82, 2.24) is 19.9 Å². The second kappa shape index (κ2) is 10.6. The van der Waals surface area contributed by atoms with E-state index >= 15 is 0 Å². The molecule has 5 aromatic rings. The van der Waals surface area contributed by atoms with Crippen molar-refractivity contribution in [2.75, 3.05) is 0 Å². The summed E-state index contributed by atoms with van der Waals surface area (Å²) < 4.78 is 0. The Morgan fingerprint density at radius 1 is 0.324 bits per heavy atom. The Bertz CT molecular complexity index is 1110. The first-order valence-corrected chi connectivity index (χ1v) is 11.5. The summed E-state index contributed by atoms with van der Waals surface area (Å²) in [6.07, 6.45) is 18.5. The molecular formula is C30H26N4. The van der Waals surface area contributed by atoms with Crippen LogP contribution in [0.15, 0.2) is 110 Å². The lowest BCUT2D eigenvalue weighted by Crippen LogP contribution is -2.05. The standard InChI is InChI=1S/C30H26N4/c1-9-31-10-2-23(1)17-27-21-29(19-25-5-13-33-14-6-25)30(20-26-7-15-34-16-8-26)22-28(27)18-24-3-11-32-12-4-24/h1-16,21-22H,17-20H2. The van der Waals surface area contributed by atoms with Gasteiger partial charge in [0.15, 0.2) is 0 Å². The largest absolute Gasteiger partial charge is 0.265 e. The summed E-state index contributed by atoms with van der Waals surface area (Å²) in [6, 6.07) is 21.6. The van der Waals surface area contributed by atoms with Gasteiger partial charge in [-0.05, 0) is 119 Å². The first-order chi connectivity index (χ1) is 16.8. The minimum absolute atomic E-state index is 0.877. The highest BCUT2D eigenvalue weighted by Crippen LogP contribution is 2.26. The maximum Gasteiger partial charge on any atom is 0.0270 e. The number of aromatic nitrogens is 4. The van der Waals surface area contributed by atoms with Gasteiger partial charge >= 0.3 is 0 Å². The zero-order valence-corrected chi connectivity index (χ0v) is 19.0. The lowest BCUT2D eigenvalue weighted by molar-refractivity contribution is 1.02. The average Bonchev–Trinajstić information content (AvgIpc) is 2.89. The molecular weight excluding hydrogens is 416 g/mol. The van der Waals surface area contributed by atoms with E-state index in [1.54, 1.807) is 0 Å². The smallest absolute Gasteiger partial charge is 0.0270 e. The van der Waals surface area contributed by atoms with Crippen LogP contribution in [0, 0.1) is 0 Å². The fourth-order valence-corrected chi connectivity index (χ4v) is 4.33. The van der Waals surface area contributed by atoms with Crippen molar-refractivity contribution >= 4 is 0 Å². The van der Waals surface area contributed by atoms with Gasteiger partial charge < -0.3 is 0 Å². The molecule has 0 spiro atoms. The van der Waals surface area contributed by atoms with E-state index in [-0.39, 0.29) is 0 Å². The molecule has 0 amide bonds. The SMILES string of the molecule is c1cc(Cc2cc(Cc3ccncc3)c(Cc3ccncc3)cc2Cc2ccncc2)ccn1. The quantitative estimate of drug-likeness (QED) is 0.313. The Hall–Kier alpha value is -4.18. The lowest BCUT2D eigenvalue weighted by Gasteiger charge is -2.18. The van der Waals surface area contributed by atoms with Crippen LogP contribution in [0.1, 0.15) is 44.5 Å². The van der Waals surface area contributed by atoms with Crippen LogP contribution >= 0.6 is 0 Å². The van der Waals surface area contributed by atoms with E-state index in [1.807, 2.05) is 49.6 Å². The molecule has 0 atom stereocenters. The van der Waals surface area contributed by atoms with E-state index in [1.165, 1.54) is 44.5 Å². The summed E-state index contributed by atoms with van der Waals surface area (Å²) in [5, 5.41) is 0. The molecule has 4 nitrogen and oxygen atoms in total. The first kappa shape index (κ1) is 21.7. The van der Waals surface area contributed by atoms with Crippen LogP contribution in [0.25, 0.3) is 0 Å². The van der Waals surface area contributed by atoms with Gasteiger partial charge in [-0.3, -0.25) is 19.9 Å². The molecule has 5 rings (SSSR count). The number of benzene rings is 1. The van der Waals surface area contributed by atoms with Crippen molar-refractivity contribution in [2.24, 2.45) is 0 Å². The number of pyridine rings is 4. The Balaban J connectivity index is 1.59. The van der Waals surface area contributed by atoms with Gasteiger partial charge in [-0.1, -0.05) is 12.1 Å². The maximum atomic E-state index is 4.19. The molecule has 4 heteroatoms. The van der Waals surface area contributed by atoms with E-state index in [9.17, 15) is 0 Å². The Kier molecular flexibility index (Phi) is 6.77. The predicted octanol–water partition coefficient (Wildman–Crippen LogP) is 5.63. The fourth-order valence-electron chi connectivity index (χ4n) is 4.33. The van der Waals surface area contributed by atoms with Crippen molar-refractivity contribution < 1.29 is 0 Å². The Morgan fingerprint density at radius 3 is 0.735 bits per heavy atom. The van der Waals surface area contributed by atoms with Crippen molar-refractivity contribution in [1.29, 1.82) is 0 Å². The molecule has 0 fully saturated rings. The van der Waals surface area contributed by atoms with Gasteiger partial charge in [0.1, 0.15) is 0 Å². The second-order valence-corrected chi connectivity index (χ2v) is 8.52. The summed E-state index contributed by atoms with van der Waals surface area (Å²) in [7, 11) is 0. The molecule has 1 aromatic carbocycles. The van der Waals surface area contributed by atoms with Gasteiger partial charge in [-0.15, -0.1) is 0 Å². The van der Waals surface area contributed by atoms with Gasteiger partial charge in [0.05, 0.1) is 0 Å². The molecule has 0 aliphatic heterocycles. The third-order valence-corrected chi connectivity index (χ3v) is 6.10. The first-order valence-electron chi connectivity index (χ1n) is 11.5. The summed E-state index contributed by atoms with van der Waals surface area (Å²) in [4.78, 5) is 16.8. The van der Waals surface area contributed by atoms with Crippen LogP contribution in [-0.2, 0) is 25.7 Å². The van der Waals surface area contributed by atoms with Crippen molar-refractivity contribution in [3.8, 4) is 0 Å². The Labute approximate surface area is 200 Å². The molecule has 0 aliphatic rings. The van der Waals surface area contributed by atoms with E-state index < -0.39 is 0 Å². The molecule has 0 saturated carbocycles. The third kappa shape index (κ3) is 5.59. The van der Waals surface area contributed by atoms with Gasteiger partial charge in [-0.25, -0.2) is 0 Å². The molecule has 0 aliphatic carbocycles. The van der Waals surface area contributed by atoms with Gasteiger partial charge in [0.2, 0.25) is 0 Å². The topological polar surface area (TPSA) is 51.6 Å². The molecule has 0 unspecified atom stereocenters. The lowest BCUT2D eigenvalue weighted by atomic mass is 9.87. The highest BCUT2D eigenvalue weighted by molar-refractivity contribution is 5.46. The van der Waals surface area contributed by atoms with E-state index in [0.29, 0.717) is 0 Å². The fraction of sp³-hybridized carbons (Fsp3) is 0.133. The molecule has 34 heavy (non-hydrogen) atoms. The molecule has 0 N–H and O–H groups in total. The summed E-state index contributed by atoms with van der Waals surface area (Å²) in [6.45, 7) is 0. The highest BCUT2D eigenvalue weighted by atomic mass is 14.6. The summed E-state index contributed by atoms with van der Waals surface area (Å²) in [5.74, 6) is 0. The molecule has 0 saturated heterocycles. The van der Waals surface area contributed by atoms with Crippen molar-refractivity contribution in [2.45, 2.75) is 25.7 Å². The maximum absolute atomic E-state index is 4.19. The predicted molar refractivity (Wildman–Crippen MR) is 135 cm³/mol. The molecule has 0 bridgehead atoms. The average molecular weight is 443 g/mol. The van der Waals surface area contributed by atoms with E-state index in [4.69, 9.17) is 0 Å². The van der Waals surface area contributed by atoms with Gasteiger partial charge in [0, 0.05) is 49.6 Å². The van der Waals surface area contributed by atoms with Crippen LogP contribution in [0.5, 0.6) is 0 Å². The van der Waals surface area contributed by atoms with E-state index in [0.717, 1.165) is 25.7 Å². The molecule has 4 heterocycles. The van der Waals surface area contributed by atoms with Crippen LogP contribution in [0.3, 0.4) is 0 Å². The number of rotatable bonds is 8. The number of hydrogen-bond acceptors (Lipinski definition) is 4. The minimum atomic E-state index is 0.877. The highest BCUT2D eigenvalue weighted by Gasteiger charge is 2.13. The third-order valence-electron chi connectivity index (χ3n) is 6.10. The van der Waals surface area contributed by atoms with Crippen LogP contribution in [0.4, 0.5) is 0 Å². The molecule has 166 valence electrons. The summed E-state index contributed by atoms with van der Waals surface area (Å²) >= 11 is 0. The monoisotopic (exact) mass is 442 g/mol. The molecule has 4 aromatic heterocycles. The van der Waals surface area contributed by atoms with Crippen molar-refractivity contribution in [3.63, 3.8) is 0 Å². The van der Waals surface area contributed by atoms with Crippen LogP contribution in [0.2, 0.25) is 0 Å². The van der Waals surface area contributed by atoms with Gasteiger partial charge in [0.25, 0.3) is 0 Å². The van der Waals surface area contributed by atoms with Crippen LogP contribution < -0.4 is 0 Å². The van der Waals surface area contributed by atoms with Gasteiger partial charge in [-0.2, -0.15) is 0 Å². The minimum Gasteiger partial charge on any atom is -0.265 e. The Morgan fingerprint density at radius 2 is 0.529 bits per heavy atom. The zero-order valence-electron chi connectivity index (χ0n) is 19.0. The zero-order chi connectivity index (χ0) is 23.0.